The Morgan fingerprint density at radius 3 is 2.90 bits per heavy atom. The van der Waals surface area contributed by atoms with Crippen LogP contribution < -0.4 is 10.1 Å². The summed E-state index contributed by atoms with van der Waals surface area (Å²) >= 11 is 0. The van der Waals surface area contributed by atoms with E-state index < -0.39 is 0 Å². The number of hydrogen-bond acceptors (Lipinski definition) is 5. The summed E-state index contributed by atoms with van der Waals surface area (Å²) in [7, 11) is 3.54. The van der Waals surface area contributed by atoms with Gasteiger partial charge in [0.25, 0.3) is 0 Å². The van der Waals surface area contributed by atoms with Crippen LogP contribution in [0.25, 0.3) is 0 Å². The van der Waals surface area contributed by atoms with Crippen LogP contribution in [0.15, 0.2) is 24.5 Å². The van der Waals surface area contributed by atoms with Crippen LogP contribution >= 0.6 is 0 Å². The number of benzene rings is 1. The fourth-order valence-electron chi connectivity index (χ4n) is 2.05. The number of aromatic nitrogens is 3. The zero-order valence-corrected chi connectivity index (χ0v) is 12.0. The topological polar surface area (TPSA) is 72.2 Å². The molecule has 108 valence electrons. The smallest absolute Gasteiger partial charge is 0.133 e. The molecule has 0 amide bonds. The van der Waals surface area contributed by atoms with Crippen LogP contribution in [0, 0.1) is 0 Å². The van der Waals surface area contributed by atoms with E-state index in [4.69, 9.17) is 4.74 Å². The lowest BCUT2D eigenvalue weighted by molar-refractivity contribution is 0.407. The number of methoxy groups -OCH3 is 1. The lowest BCUT2D eigenvalue weighted by atomic mass is 10.1. The van der Waals surface area contributed by atoms with Crippen LogP contribution in [0.5, 0.6) is 11.5 Å². The Kier molecular flexibility index (Phi) is 4.57. The highest BCUT2D eigenvalue weighted by atomic mass is 16.5. The van der Waals surface area contributed by atoms with Gasteiger partial charge in [0.2, 0.25) is 0 Å². The van der Waals surface area contributed by atoms with Gasteiger partial charge >= 0.3 is 0 Å². The minimum Gasteiger partial charge on any atom is -0.508 e. The lowest BCUT2D eigenvalue weighted by Crippen LogP contribution is -2.22. The second-order valence-electron chi connectivity index (χ2n) is 4.71. The van der Waals surface area contributed by atoms with Gasteiger partial charge in [0.15, 0.2) is 0 Å². The Bertz CT molecular complexity index is 568. The minimum atomic E-state index is 0.0262. The van der Waals surface area contributed by atoms with Crippen LogP contribution in [0.1, 0.15) is 24.4 Å². The average molecular weight is 276 g/mol. The first kappa shape index (κ1) is 14.3. The van der Waals surface area contributed by atoms with Crippen molar-refractivity contribution in [3.8, 4) is 11.5 Å². The molecule has 0 bridgehead atoms. The van der Waals surface area contributed by atoms with Gasteiger partial charge in [-0.25, -0.2) is 0 Å². The summed E-state index contributed by atoms with van der Waals surface area (Å²) in [4.78, 5) is 0. The first-order valence-corrected chi connectivity index (χ1v) is 6.55. The van der Waals surface area contributed by atoms with Crippen LogP contribution in [-0.4, -0.2) is 33.5 Å². The second-order valence-corrected chi connectivity index (χ2v) is 4.71. The molecule has 0 aliphatic carbocycles. The summed E-state index contributed by atoms with van der Waals surface area (Å²) in [6.07, 6.45) is 2.47. The Balaban J connectivity index is 1.94. The monoisotopic (exact) mass is 276 g/mol. The number of nitrogens with zero attached hydrogens (tertiary/aromatic N) is 3. The standard InChI is InChI=1S/C14H20N4O2/c1-10(12-8-11(20-3)4-5-13(12)19)15-7-6-14-17-16-9-18(14)2/h4-5,8-10,15,19H,6-7H2,1-3H3. The average Bonchev–Trinajstić information content (AvgIpc) is 2.85. The molecule has 2 N–H and O–H groups in total. The third-order valence-corrected chi connectivity index (χ3v) is 3.31. The fraction of sp³-hybridized carbons (Fsp3) is 0.429. The van der Waals surface area contributed by atoms with Crippen molar-refractivity contribution in [3.05, 3.63) is 35.9 Å². The number of nitrogens with one attached hydrogen (secondary N) is 1. The molecule has 0 spiro atoms. The highest BCUT2D eigenvalue weighted by Crippen LogP contribution is 2.28. The number of phenols is 1. The maximum Gasteiger partial charge on any atom is 0.133 e. The third kappa shape index (κ3) is 3.27. The van der Waals surface area contributed by atoms with Crippen LogP contribution in [0.2, 0.25) is 0 Å². The molecule has 0 aliphatic heterocycles. The van der Waals surface area contributed by atoms with Gasteiger partial charge in [-0.3, -0.25) is 0 Å². The van der Waals surface area contributed by atoms with E-state index in [0.29, 0.717) is 0 Å². The predicted octanol–water partition coefficient (Wildman–Crippen LogP) is 1.42. The maximum atomic E-state index is 9.91. The van der Waals surface area contributed by atoms with Crippen LogP contribution in [0.4, 0.5) is 0 Å². The van der Waals surface area contributed by atoms with E-state index in [-0.39, 0.29) is 11.8 Å². The molecular formula is C14H20N4O2. The molecule has 0 aliphatic rings. The number of ether oxygens (including phenoxy) is 1. The molecule has 1 aromatic heterocycles. The van der Waals surface area contributed by atoms with Gasteiger partial charge in [0.1, 0.15) is 23.7 Å². The SMILES string of the molecule is COc1ccc(O)c(C(C)NCCc2nncn2C)c1. The summed E-state index contributed by atoms with van der Waals surface area (Å²) in [6, 6.07) is 5.26. The minimum absolute atomic E-state index is 0.0262. The van der Waals surface area contributed by atoms with E-state index in [1.54, 1.807) is 25.6 Å². The third-order valence-electron chi connectivity index (χ3n) is 3.31. The number of aryl methyl sites for hydroxylation is 1. The van der Waals surface area contributed by atoms with Crippen molar-refractivity contribution in [1.82, 2.24) is 20.1 Å². The number of rotatable bonds is 6. The molecule has 1 unspecified atom stereocenters. The van der Waals surface area contributed by atoms with Gasteiger partial charge in [-0.15, -0.1) is 10.2 Å². The quantitative estimate of drug-likeness (QED) is 0.835. The Labute approximate surface area is 118 Å². The number of phenolic OH excluding ortho intramolecular Hbond substituents is 1. The Morgan fingerprint density at radius 1 is 1.45 bits per heavy atom. The fourth-order valence-corrected chi connectivity index (χ4v) is 2.05. The molecule has 2 aromatic rings. The molecule has 0 fully saturated rings. The molecule has 1 aromatic carbocycles. The summed E-state index contributed by atoms with van der Waals surface area (Å²) < 4.78 is 7.08. The molecule has 0 radical (unpaired) electrons. The lowest BCUT2D eigenvalue weighted by Gasteiger charge is -2.16. The van der Waals surface area contributed by atoms with Gasteiger partial charge in [-0.1, -0.05) is 0 Å². The van der Waals surface area contributed by atoms with E-state index in [1.165, 1.54) is 0 Å². The van der Waals surface area contributed by atoms with E-state index in [1.807, 2.05) is 24.6 Å². The molecule has 1 atom stereocenters. The van der Waals surface area contributed by atoms with Crippen molar-refractivity contribution >= 4 is 0 Å². The van der Waals surface area contributed by atoms with E-state index in [2.05, 4.69) is 15.5 Å². The van der Waals surface area contributed by atoms with Gasteiger partial charge in [0, 0.05) is 31.6 Å². The first-order valence-electron chi connectivity index (χ1n) is 6.55. The number of aromatic hydroxyl groups is 1. The van der Waals surface area contributed by atoms with Crippen molar-refractivity contribution < 1.29 is 9.84 Å². The molecule has 1 heterocycles. The van der Waals surface area contributed by atoms with Crippen molar-refractivity contribution in [2.24, 2.45) is 7.05 Å². The van der Waals surface area contributed by atoms with Gasteiger partial charge in [0.05, 0.1) is 7.11 Å². The molecular weight excluding hydrogens is 256 g/mol. The Morgan fingerprint density at radius 2 is 2.25 bits per heavy atom. The second kappa shape index (κ2) is 6.38. The largest absolute Gasteiger partial charge is 0.508 e. The van der Waals surface area contributed by atoms with Crippen molar-refractivity contribution in [1.29, 1.82) is 0 Å². The Hall–Kier alpha value is -2.08. The first-order chi connectivity index (χ1) is 9.61. The van der Waals surface area contributed by atoms with Gasteiger partial charge in [-0.2, -0.15) is 0 Å². The van der Waals surface area contributed by atoms with Crippen LogP contribution in [0.3, 0.4) is 0 Å². The summed E-state index contributed by atoms with van der Waals surface area (Å²) in [6.45, 7) is 2.76. The normalized spacial score (nSPS) is 12.3. The van der Waals surface area contributed by atoms with Crippen molar-refractivity contribution in [3.63, 3.8) is 0 Å². The molecule has 2 rings (SSSR count). The van der Waals surface area contributed by atoms with E-state index in [0.717, 1.165) is 30.1 Å². The highest BCUT2D eigenvalue weighted by molar-refractivity contribution is 5.41. The zero-order valence-electron chi connectivity index (χ0n) is 12.0. The molecule has 6 heteroatoms. The van der Waals surface area contributed by atoms with E-state index in [9.17, 15) is 5.11 Å². The zero-order chi connectivity index (χ0) is 14.5. The number of hydrogen-bond donors (Lipinski definition) is 2. The summed E-state index contributed by atoms with van der Waals surface area (Å²) in [5.74, 6) is 1.93. The highest BCUT2D eigenvalue weighted by Gasteiger charge is 2.11. The predicted molar refractivity (Wildman–Crippen MR) is 75.8 cm³/mol. The molecule has 6 nitrogen and oxygen atoms in total. The van der Waals surface area contributed by atoms with E-state index >= 15 is 0 Å². The van der Waals surface area contributed by atoms with Crippen LogP contribution in [-0.2, 0) is 13.5 Å². The van der Waals surface area contributed by atoms with Crippen molar-refractivity contribution in [2.45, 2.75) is 19.4 Å². The van der Waals surface area contributed by atoms with Crippen molar-refractivity contribution in [2.75, 3.05) is 13.7 Å². The summed E-state index contributed by atoms with van der Waals surface area (Å²) in [5.41, 5.74) is 0.822. The molecule has 20 heavy (non-hydrogen) atoms. The molecule has 0 saturated heterocycles. The van der Waals surface area contributed by atoms with Gasteiger partial charge in [-0.05, 0) is 25.1 Å². The summed E-state index contributed by atoms with van der Waals surface area (Å²) in [5, 5.41) is 21.1. The maximum absolute atomic E-state index is 9.91. The van der Waals surface area contributed by atoms with Gasteiger partial charge < -0.3 is 19.7 Å². The molecule has 0 saturated carbocycles.